The largest absolute Gasteiger partial charge is 0.497 e. The first-order valence-electron chi connectivity index (χ1n) is 7.10. The zero-order valence-corrected chi connectivity index (χ0v) is 13.6. The average molecular weight is 342 g/mol. The third kappa shape index (κ3) is 3.69. The van der Waals surface area contributed by atoms with Gasteiger partial charge in [0.2, 0.25) is 0 Å². The van der Waals surface area contributed by atoms with Gasteiger partial charge in [-0.15, -0.1) is 11.3 Å². The van der Waals surface area contributed by atoms with E-state index in [1.165, 1.54) is 11.3 Å². The van der Waals surface area contributed by atoms with Crippen molar-refractivity contribution in [1.29, 1.82) is 0 Å². The van der Waals surface area contributed by atoms with E-state index in [4.69, 9.17) is 9.47 Å². The van der Waals surface area contributed by atoms with Crippen molar-refractivity contribution in [3.8, 4) is 5.75 Å². The lowest BCUT2D eigenvalue weighted by Gasteiger charge is -2.08. The number of nitrogens with zero attached hydrogens (tertiary/aromatic N) is 1. The number of hydrogen-bond donors (Lipinski definition) is 1. The van der Waals surface area contributed by atoms with E-state index in [0.717, 1.165) is 10.2 Å². The van der Waals surface area contributed by atoms with Crippen molar-refractivity contribution in [1.82, 2.24) is 4.98 Å². The van der Waals surface area contributed by atoms with Crippen LogP contribution in [0, 0.1) is 0 Å². The number of esters is 1. The number of thiazole rings is 1. The van der Waals surface area contributed by atoms with Gasteiger partial charge in [0.1, 0.15) is 5.75 Å². The molecule has 24 heavy (non-hydrogen) atoms. The van der Waals surface area contributed by atoms with Crippen LogP contribution in [-0.2, 0) is 9.53 Å². The molecule has 1 heterocycles. The van der Waals surface area contributed by atoms with Gasteiger partial charge in [0.05, 0.1) is 28.4 Å². The van der Waals surface area contributed by atoms with Crippen LogP contribution >= 0.6 is 11.3 Å². The predicted octanol–water partition coefficient (Wildman–Crippen LogP) is 3.10. The highest BCUT2D eigenvalue weighted by atomic mass is 32.1. The number of nitrogens with one attached hydrogen (secondary N) is 1. The van der Waals surface area contributed by atoms with Crippen molar-refractivity contribution in [2.45, 2.75) is 0 Å². The maximum atomic E-state index is 12.0. The summed E-state index contributed by atoms with van der Waals surface area (Å²) in [5.41, 5.74) is 3.50. The van der Waals surface area contributed by atoms with Crippen LogP contribution in [-0.4, -0.2) is 30.6 Å². The number of carbonyl (C=O) groups is 2. The monoisotopic (exact) mass is 342 g/mol. The molecule has 1 N–H and O–H groups in total. The number of methoxy groups -OCH3 is 1. The molecular formula is C17H14N2O4S. The molecule has 122 valence electrons. The molecular weight excluding hydrogens is 328 g/mol. The molecule has 0 aliphatic rings. The molecule has 0 saturated heterocycles. The van der Waals surface area contributed by atoms with Crippen LogP contribution in [0.5, 0.6) is 5.75 Å². The minimum atomic E-state index is -0.550. The topological polar surface area (TPSA) is 77.5 Å². The van der Waals surface area contributed by atoms with Crippen molar-refractivity contribution >= 4 is 39.1 Å². The number of ether oxygens (including phenoxy) is 2. The first kappa shape index (κ1) is 15.9. The molecule has 6 nitrogen and oxygen atoms in total. The standard InChI is InChI=1S/C17H14N2O4S/c1-22-13-4-2-3-12(8-13)19-16(20)9-23-17(21)11-5-6-14-15(7-11)24-10-18-14/h2-8,10H,9H2,1H3,(H,19,20). The van der Waals surface area contributed by atoms with Gasteiger partial charge in [-0.3, -0.25) is 4.79 Å². The van der Waals surface area contributed by atoms with Gasteiger partial charge < -0.3 is 14.8 Å². The SMILES string of the molecule is COc1cccc(NC(=O)COC(=O)c2ccc3ncsc3c2)c1. The Kier molecular flexibility index (Phi) is 4.72. The summed E-state index contributed by atoms with van der Waals surface area (Å²) in [6.45, 7) is -0.364. The molecule has 1 aromatic heterocycles. The predicted molar refractivity (Wildman–Crippen MR) is 91.5 cm³/mol. The van der Waals surface area contributed by atoms with Crippen molar-refractivity contribution in [2.24, 2.45) is 0 Å². The Labute approximate surface area is 142 Å². The normalized spacial score (nSPS) is 10.4. The van der Waals surface area contributed by atoms with E-state index >= 15 is 0 Å². The molecule has 0 aliphatic heterocycles. The van der Waals surface area contributed by atoms with Crippen molar-refractivity contribution in [3.05, 3.63) is 53.5 Å². The lowest BCUT2D eigenvalue weighted by Crippen LogP contribution is -2.20. The lowest BCUT2D eigenvalue weighted by atomic mass is 10.2. The Bertz CT molecular complexity index is 891. The molecule has 0 aliphatic carbocycles. The Morgan fingerprint density at radius 1 is 1.21 bits per heavy atom. The van der Waals surface area contributed by atoms with Crippen LogP contribution in [0.1, 0.15) is 10.4 Å². The van der Waals surface area contributed by atoms with Gasteiger partial charge in [-0.25, -0.2) is 9.78 Å². The fourth-order valence-corrected chi connectivity index (χ4v) is 2.81. The number of anilines is 1. The Morgan fingerprint density at radius 2 is 2.08 bits per heavy atom. The number of benzene rings is 2. The van der Waals surface area contributed by atoms with E-state index < -0.39 is 11.9 Å². The molecule has 0 atom stereocenters. The van der Waals surface area contributed by atoms with E-state index in [0.29, 0.717) is 17.0 Å². The third-order valence-corrected chi connectivity index (χ3v) is 4.05. The van der Waals surface area contributed by atoms with E-state index in [-0.39, 0.29) is 6.61 Å². The first-order chi connectivity index (χ1) is 11.7. The van der Waals surface area contributed by atoms with Gasteiger partial charge in [0.15, 0.2) is 6.61 Å². The minimum Gasteiger partial charge on any atom is -0.497 e. The second-order valence-corrected chi connectivity index (χ2v) is 5.78. The second kappa shape index (κ2) is 7.10. The number of carbonyl (C=O) groups excluding carboxylic acids is 2. The Balaban J connectivity index is 1.57. The highest BCUT2D eigenvalue weighted by Gasteiger charge is 2.12. The maximum Gasteiger partial charge on any atom is 0.338 e. The number of aromatic nitrogens is 1. The smallest absolute Gasteiger partial charge is 0.338 e. The van der Waals surface area contributed by atoms with Gasteiger partial charge in [0, 0.05) is 11.8 Å². The summed E-state index contributed by atoms with van der Waals surface area (Å²) in [7, 11) is 1.54. The fourth-order valence-electron chi connectivity index (χ4n) is 2.09. The van der Waals surface area contributed by atoms with Crippen molar-refractivity contribution < 1.29 is 19.1 Å². The number of fused-ring (bicyclic) bond motifs is 1. The van der Waals surface area contributed by atoms with Crippen molar-refractivity contribution in [3.63, 3.8) is 0 Å². The lowest BCUT2D eigenvalue weighted by molar-refractivity contribution is -0.119. The summed E-state index contributed by atoms with van der Waals surface area (Å²) in [6.07, 6.45) is 0. The van der Waals surface area contributed by atoms with Crippen LogP contribution in [0.4, 0.5) is 5.69 Å². The zero-order valence-electron chi connectivity index (χ0n) is 12.8. The summed E-state index contributed by atoms with van der Waals surface area (Å²) < 4.78 is 11.0. The van der Waals surface area contributed by atoms with Gasteiger partial charge in [-0.1, -0.05) is 6.07 Å². The molecule has 3 aromatic rings. The van der Waals surface area contributed by atoms with E-state index in [1.807, 2.05) is 0 Å². The average Bonchev–Trinajstić information content (AvgIpc) is 3.07. The molecule has 0 spiro atoms. The van der Waals surface area contributed by atoms with Crippen LogP contribution in [0.3, 0.4) is 0 Å². The summed E-state index contributed by atoms with van der Waals surface area (Å²) in [5, 5.41) is 2.64. The minimum absolute atomic E-state index is 0.364. The highest BCUT2D eigenvalue weighted by molar-refractivity contribution is 7.16. The summed E-state index contributed by atoms with van der Waals surface area (Å²) in [4.78, 5) is 28.1. The third-order valence-electron chi connectivity index (χ3n) is 3.25. The van der Waals surface area contributed by atoms with Gasteiger partial charge in [-0.05, 0) is 30.3 Å². The van der Waals surface area contributed by atoms with Crippen LogP contribution in [0.2, 0.25) is 0 Å². The maximum absolute atomic E-state index is 12.0. The quantitative estimate of drug-likeness (QED) is 0.721. The summed E-state index contributed by atoms with van der Waals surface area (Å²) >= 11 is 1.44. The molecule has 0 bridgehead atoms. The van der Waals surface area contributed by atoms with Gasteiger partial charge >= 0.3 is 5.97 Å². The molecule has 0 radical (unpaired) electrons. The highest BCUT2D eigenvalue weighted by Crippen LogP contribution is 2.20. The number of rotatable bonds is 5. The zero-order chi connectivity index (χ0) is 16.9. The Morgan fingerprint density at radius 3 is 2.92 bits per heavy atom. The molecule has 7 heteroatoms. The molecule has 2 aromatic carbocycles. The fraction of sp³-hybridized carbons (Fsp3) is 0.118. The van der Waals surface area contributed by atoms with Crippen LogP contribution < -0.4 is 10.1 Å². The van der Waals surface area contributed by atoms with Crippen LogP contribution in [0.15, 0.2) is 48.0 Å². The van der Waals surface area contributed by atoms with E-state index in [1.54, 1.807) is 55.1 Å². The summed E-state index contributed by atoms with van der Waals surface area (Å²) in [6, 6.07) is 12.0. The first-order valence-corrected chi connectivity index (χ1v) is 7.98. The molecule has 0 saturated carbocycles. The van der Waals surface area contributed by atoms with E-state index in [9.17, 15) is 9.59 Å². The summed E-state index contributed by atoms with van der Waals surface area (Å²) in [5.74, 6) is -0.343. The van der Waals surface area contributed by atoms with Crippen LogP contribution in [0.25, 0.3) is 10.2 Å². The van der Waals surface area contributed by atoms with Crippen molar-refractivity contribution in [2.75, 3.05) is 19.0 Å². The Hall–Kier alpha value is -2.93. The molecule has 1 amide bonds. The number of amides is 1. The van der Waals surface area contributed by atoms with E-state index in [2.05, 4.69) is 10.3 Å². The van der Waals surface area contributed by atoms with Gasteiger partial charge in [0.25, 0.3) is 5.91 Å². The molecule has 0 fully saturated rings. The molecule has 0 unspecified atom stereocenters. The molecule has 3 rings (SSSR count). The number of hydrogen-bond acceptors (Lipinski definition) is 6. The van der Waals surface area contributed by atoms with Gasteiger partial charge in [-0.2, -0.15) is 0 Å². The second-order valence-electron chi connectivity index (χ2n) is 4.89.